The number of ether oxygens (including phenoxy) is 1. The second kappa shape index (κ2) is 6.60. The van der Waals surface area contributed by atoms with Gasteiger partial charge in [-0.05, 0) is 24.3 Å². The highest BCUT2D eigenvalue weighted by molar-refractivity contribution is 5.95. The van der Waals surface area contributed by atoms with Crippen molar-refractivity contribution < 1.29 is 13.9 Å². The predicted molar refractivity (Wildman–Crippen MR) is 81.1 cm³/mol. The highest BCUT2D eigenvalue weighted by atomic mass is 16.5. The van der Waals surface area contributed by atoms with Gasteiger partial charge in [-0.1, -0.05) is 6.07 Å². The first-order valence-corrected chi connectivity index (χ1v) is 6.35. The molecule has 1 amide bonds. The average Bonchev–Trinajstić information content (AvgIpc) is 2.96. The van der Waals surface area contributed by atoms with E-state index in [0.717, 1.165) is 5.88 Å². The summed E-state index contributed by atoms with van der Waals surface area (Å²) in [5.41, 5.74) is 2.91. The number of hydrazone groups is 1. The van der Waals surface area contributed by atoms with Gasteiger partial charge in [-0.2, -0.15) is 5.10 Å². The minimum atomic E-state index is -0.315. The number of nitrogens with one attached hydrogen (secondary N) is 1. The smallest absolute Gasteiger partial charge is 0.271 e. The molecule has 0 fully saturated rings. The van der Waals surface area contributed by atoms with Crippen LogP contribution in [-0.4, -0.2) is 33.3 Å². The lowest BCUT2D eigenvalue weighted by Gasteiger charge is -2.05. The molecule has 0 aliphatic heterocycles. The number of amides is 1. The van der Waals surface area contributed by atoms with Crippen molar-refractivity contribution in [3.63, 3.8) is 0 Å². The maximum Gasteiger partial charge on any atom is 0.271 e. The van der Waals surface area contributed by atoms with Crippen LogP contribution in [0, 0.1) is 0 Å². The van der Waals surface area contributed by atoms with Crippen LogP contribution in [-0.2, 0) is 0 Å². The average molecular weight is 287 g/mol. The van der Waals surface area contributed by atoms with E-state index in [1.807, 2.05) is 25.1 Å². The fraction of sp³-hybridized carbons (Fsp3) is 0.200. The number of nitrogens with zero attached hydrogens (tertiary/aromatic N) is 2. The zero-order valence-corrected chi connectivity index (χ0v) is 12.2. The molecule has 2 aromatic rings. The Balaban J connectivity index is 1.97. The second-order valence-electron chi connectivity index (χ2n) is 4.50. The molecule has 1 heterocycles. The molecule has 0 unspecified atom stereocenters. The summed E-state index contributed by atoms with van der Waals surface area (Å²) in [5, 5.41) is 3.87. The zero-order valence-electron chi connectivity index (χ0n) is 12.2. The van der Waals surface area contributed by atoms with Gasteiger partial charge in [0.25, 0.3) is 5.91 Å². The fourth-order valence-corrected chi connectivity index (χ4v) is 1.64. The Hall–Kier alpha value is -2.76. The minimum Gasteiger partial charge on any atom is -0.497 e. The van der Waals surface area contributed by atoms with Crippen LogP contribution in [0.4, 0.5) is 5.88 Å². The first-order chi connectivity index (χ1) is 10.1. The lowest BCUT2D eigenvalue weighted by Crippen LogP contribution is -2.17. The Labute approximate surface area is 123 Å². The molecule has 0 saturated carbocycles. The number of hydrogen-bond donors (Lipinski definition) is 1. The molecule has 0 bridgehead atoms. The van der Waals surface area contributed by atoms with Crippen molar-refractivity contribution in [2.75, 3.05) is 26.1 Å². The van der Waals surface area contributed by atoms with E-state index in [9.17, 15) is 4.79 Å². The number of methoxy groups -OCH3 is 1. The molecule has 0 saturated heterocycles. The van der Waals surface area contributed by atoms with Crippen LogP contribution >= 0.6 is 0 Å². The van der Waals surface area contributed by atoms with E-state index in [1.165, 1.54) is 6.21 Å². The number of carbonyl (C=O) groups excluding carboxylic acids is 1. The SMILES string of the molecule is COc1cccc(C(=O)NN=Cc2ccc(N(C)C)o2)c1. The van der Waals surface area contributed by atoms with Gasteiger partial charge in [0.1, 0.15) is 11.5 Å². The third-order valence-electron chi connectivity index (χ3n) is 2.74. The molecule has 0 aliphatic carbocycles. The maximum absolute atomic E-state index is 11.9. The second-order valence-corrected chi connectivity index (χ2v) is 4.50. The highest BCUT2D eigenvalue weighted by Crippen LogP contribution is 2.14. The van der Waals surface area contributed by atoms with Crippen LogP contribution in [0.15, 0.2) is 45.9 Å². The maximum atomic E-state index is 11.9. The quantitative estimate of drug-likeness (QED) is 0.675. The number of furan rings is 1. The molecule has 0 atom stereocenters. The third-order valence-corrected chi connectivity index (χ3v) is 2.74. The van der Waals surface area contributed by atoms with Crippen molar-refractivity contribution in [2.45, 2.75) is 0 Å². The van der Waals surface area contributed by atoms with Gasteiger partial charge in [-0.15, -0.1) is 0 Å². The monoisotopic (exact) mass is 287 g/mol. The Kier molecular flexibility index (Phi) is 4.61. The Morgan fingerprint density at radius 3 is 2.81 bits per heavy atom. The molecule has 0 aliphatic rings. The molecule has 1 aromatic heterocycles. The van der Waals surface area contributed by atoms with Gasteiger partial charge in [-0.3, -0.25) is 4.79 Å². The topological polar surface area (TPSA) is 67.1 Å². The zero-order chi connectivity index (χ0) is 15.2. The van der Waals surface area contributed by atoms with Crippen molar-refractivity contribution >= 4 is 18.0 Å². The largest absolute Gasteiger partial charge is 0.497 e. The van der Waals surface area contributed by atoms with E-state index in [1.54, 1.807) is 37.4 Å². The summed E-state index contributed by atoms with van der Waals surface area (Å²) >= 11 is 0. The van der Waals surface area contributed by atoms with Crippen molar-refractivity contribution in [2.24, 2.45) is 5.10 Å². The molecular weight excluding hydrogens is 270 g/mol. The van der Waals surface area contributed by atoms with Crippen LogP contribution < -0.4 is 15.1 Å². The molecule has 21 heavy (non-hydrogen) atoms. The highest BCUT2D eigenvalue weighted by Gasteiger charge is 2.05. The number of rotatable bonds is 5. The first-order valence-electron chi connectivity index (χ1n) is 6.35. The van der Waals surface area contributed by atoms with Gasteiger partial charge in [0, 0.05) is 25.7 Å². The van der Waals surface area contributed by atoms with E-state index >= 15 is 0 Å². The van der Waals surface area contributed by atoms with E-state index in [-0.39, 0.29) is 5.91 Å². The van der Waals surface area contributed by atoms with E-state index in [2.05, 4.69) is 10.5 Å². The standard InChI is InChI=1S/C15H17N3O3/c1-18(2)14-8-7-13(21-14)10-16-17-15(19)11-5-4-6-12(9-11)20-3/h4-10H,1-3H3,(H,17,19). The summed E-state index contributed by atoms with van der Waals surface area (Å²) in [6.45, 7) is 0. The first kappa shape index (κ1) is 14.6. The molecule has 0 radical (unpaired) electrons. The summed E-state index contributed by atoms with van der Waals surface area (Å²) in [4.78, 5) is 13.7. The summed E-state index contributed by atoms with van der Waals surface area (Å²) < 4.78 is 10.5. The molecular formula is C15H17N3O3. The number of carbonyl (C=O) groups is 1. The Morgan fingerprint density at radius 1 is 1.33 bits per heavy atom. The molecule has 6 heteroatoms. The van der Waals surface area contributed by atoms with Crippen molar-refractivity contribution in [3.05, 3.63) is 47.7 Å². The van der Waals surface area contributed by atoms with E-state index in [0.29, 0.717) is 17.1 Å². The van der Waals surface area contributed by atoms with Gasteiger partial charge >= 0.3 is 0 Å². The third kappa shape index (κ3) is 3.85. The van der Waals surface area contributed by atoms with Crippen LogP contribution in [0.25, 0.3) is 0 Å². The van der Waals surface area contributed by atoms with Gasteiger partial charge < -0.3 is 14.1 Å². The molecule has 6 nitrogen and oxygen atoms in total. The number of benzene rings is 1. The molecule has 1 aromatic carbocycles. The minimum absolute atomic E-state index is 0.315. The lowest BCUT2D eigenvalue weighted by molar-refractivity contribution is 0.0955. The van der Waals surface area contributed by atoms with Gasteiger partial charge in [0.2, 0.25) is 0 Å². The van der Waals surface area contributed by atoms with Crippen molar-refractivity contribution in [1.29, 1.82) is 0 Å². The summed E-state index contributed by atoms with van der Waals surface area (Å²) in [7, 11) is 5.31. The molecule has 110 valence electrons. The lowest BCUT2D eigenvalue weighted by atomic mass is 10.2. The fourth-order valence-electron chi connectivity index (χ4n) is 1.64. The van der Waals surface area contributed by atoms with Crippen LogP contribution in [0.1, 0.15) is 16.1 Å². The van der Waals surface area contributed by atoms with Crippen molar-refractivity contribution in [1.82, 2.24) is 5.43 Å². The molecule has 1 N–H and O–H groups in total. The summed E-state index contributed by atoms with van der Waals surface area (Å²) in [6.07, 6.45) is 1.45. The van der Waals surface area contributed by atoms with Gasteiger partial charge in [0.05, 0.1) is 13.3 Å². The Morgan fingerprint density at radius 2 is 2.14 bits per heavy atom. The molecule has 0 spiro atoms. The molecule has 2 rings (SSSR count). The normalized spacial score (nSPS) is 10.6. The van der Waals surface area contributed by atoms with E-state index in [4.69, 9.17) is 9.15 Å². The number of anilines is 1. The van der Waals surface area contributed by atoms with Gasteiger partial charge in [-0.25, -0.2) is 5.43 Å². The van der Waals surface area contributed by atoms with Crippen LogP contribution in [0.2, 0.25) is 0 Å². The Bertz CT molecular complexity index is 647. The predicted octanol–water partition coefficient (Wildman–Crippen LogP) is 2.12. The number of hydrogen-bond acceptors (Lipinski definition) is 5. The summed E-state index contributed by atoms with van der Waals surface area (Å²) in [6, 6.07) is 10.4. The van der Waals surface area contributed by atoms with E-state index < -0.39 is 0 Å². The van der Waals surface area contributed by atoms with Crippen LogP contribution in [0.5, 0.6) is 5.75 Å². The summed E-state index contributed by atoms with van der Waals surface area (Å²) in [5.74, 6) is 1.58. The van der Waals surface area contributed by atoms with Gasteiger partial charge in [0.15, 0.2) is 5.88 Å². The van der Waals surface area contributed by atoms with Crippen molar-refractivity contribution in [3.8, 4) is 5.75 Å². The van der Waals surface area contributed by atoms with Crippen LogP contribution in [0.3, 0.4) is 0 Å².